The number of aliphatic hydroxyl groups is 1. The molecule has 2 fully saturated rings. The third kappa shape index (κ3) is 2.88. The van der Waals surface area contributed by atoms with Crippen molar-refractivity contribution in [1.82, 2.24) is 14.5 Å². The average molecular weight is 396 g/mol. The SMILES string of the molecule is CC(C)(C)OC(=O)N1CCC2(CC1)CC(C1c3ccccc3-c3cncn31)C2O. The van der Waals surface area contributed by atoms with Crippen molar-refractivity contribution in [3.63, 3.8) is 0 Å². The number of rotatable bonds is 1. The molecule has 5 rings (SSSR count). The number of amides is 1. The Morgan fingerprint density at radius 3 is 2.66 bits per heavy atom. The topological polar surface area (TPSA) is 67.6 Å². The molecule has 3 unspecified atom stereocenters. The average Bonchev–Trinajstić information content (AvgIpc) is 3.26. The van der Waals surface area contributed by atoms with Crippen molar-refractivity contribution < 1.29 is 14.6 Å². The number of likely N-dealkylation sites (tertiary alicyclic amines) is 1. The van der Waals surface area contributed by atoms with Crippen molar-refractivity contribution in [2.45, 2.75) is 57.8 Å². The van der Waals surface area contributed by atoms with E-state index in [0.29, 0.717) is 13.1 Å². The summed E-state index contributed by atoms with van der Waals surface area (Å²) in [5.74, 6) is 0.180. The van der Waals surface area contributed by atoms with E-state index >= 15 is 0 Å². The lowest BCUT2D eigenvalue weighted by atomic mass is 9.53. The molecule has 1 amide bonds. The molecular weight excluding hydrogens is 366 g/mol. The van der Waals surface area contributed by atoms with Crippen LogP contribution in [0.5, 0.6) is 0 Å². The number of hydrogen-bond donors (Lipinski definition) is 1. The van der Waals surface area contributed by atoms with E-state index in [1.165, 1.54) is 11.1 Å². The number of aromatic nitrogens is 2. The van der Waals surface area contributed by atoms with E-state index in [1.807, 2.05) is 33.3 Å². The first kappa shape index (κ1) is 18.7. The Hall–Kier alpha value is -2.34. The van der Waals surface area contributed by atoms with Gasteiger partial charge in [0.05, 0.1) is 30.4 Å². The van der Waals surface area contributed by atoms with Crippen molar-refractivity contribution >= 4 is 6.09 Å². The lowest BCUT2D eigenvalue weighted by Gasteiger charge is -2.57. The zero-order valence-corrected chi connectivity index (χ0v) is 17.3. The molecule has 1 saturated carbocycles. The molecule has 2 aromatic rings. The molecule has 3 heterocycles. The minimum absolute atomic E-state index is 0.0819. The number of carbonyl (C=O) groups is 1. The van der Waals surface area contributed by atoms with Crippen LogP contribution in [-0.4, -0.2) is 50.4 Å². The highest BCUT2D eigenvalue weighted by atomic mass is 16.6. The summed E-state index contributed by atoms with van der Waals surface area (Å²) < 4.78 is 7.73. The molecule has 1 N–H and O–H groups in total. The molecule has 1 aromatic heterocycles. The molecule has 3 aliphatic rings. The largest absolute Gasteiger partial charge is 0.444 e. The van der Waals surface area contributed by atoms with E-state index in [0.717, 1.165) is 25.0 Å². The van der Waals surface area contributed by atoms with Crippen LogP contribution in [0.25, 0.3) is 11.3 Å². The van der Waals surface area contributed by atoms with Gasteiger partial charge in [0.1, 0.15) is 5.60 Å². The Morgan fingerprint density at radius 1 is 1.24 bits per heavy atom. The summed E-state index contributed by atoms with van der Waals surface area (Å²) in [6.45, 7) is 6.97. The smallest absolute Gasteiger partial charge is 0.410 e. The van der Waals surface area contributed by atoms with E-state index in [4.69, 9.17) is 4.74 Å². The molecule has 29 heavy (non-hydrogen) atoms. The van der Waals surface area contributed by atoms with Crippen LogP contribution in [0.4, 0.5) is 4.79 Å². The summed E-state index contributed by atoms with van der Waals surface area (Å²) in [6.07, 6.45) is 5.83. The third-order valence-corrected chi connectivity index (χ3v) is 7.01. The maximum Gasteiger partial charge on any atom is 0.410 e. The van der Waals surface area contributed by atoms with E-state index in [9.17, 15) is 9.90 Å². The summed E-state index contributed by atoms with van der Waals surface area (Å²) in [5, 5.41) is 11.3. The summed E-state index contributed by atoms with van der Waals surface area (Å²) in [4.78, 5) is 18.5. The Bertz CT molecular complexity index is 937. The molecular formula is C23H29N3O3. The van der Waals surface area contributed by atoms with Crippen molar-refractivity contribution in [1.29, 1.82) is 0 Å². The number of benzene rings is 1. The monoisotopic (exact) mass is 395 g/mol. The van der Waals surface area contributed by atoms with Gasteiger partial charge in [0, 0.05) is 30.0 Å². The first-order chi connectivity index (χ1) is 13.8. The van der Waals surface area contributed by atoms with Crippen LogP contribution in [0.2, 0.25) is 0 Å². The number of imidazole rings is 1. The van der Waals surface area contributed by atoms with Crippen LogP contribution < -0.4 is 0 Å². The number of aliphatic hydroxyl groups excluding tert-OH is 1. The minimum Gasteiger partial charge on any atom is -0.444 e. The molecule has 6 nitrogen and oxygen atoms in total. The van der Waals surface area contributed by atoms with Crippen molar-refractivity contribution in [3.8, 4) is 11.3 Å². The van der Waals surface area contributed by atoms with Crippen LogP contribution in [0.1, 0.15) is 51.6 Å². The predicted molar refractivity (Wildman–Crippen MR) is 109 cm³/mol. The summed E-state index contributed by atoms with van der Waals surface area (Å²) >= 11 is 0. The van der Waals surface area contributed by atoms with Crippen LogP contribution in [0.3, 0.4) is 0 Å². The number of fused-ring (bicyclic) bond motifs is 3. The fourth-order valence-corrected chi connectivity index (χ4v) is 5.55. The molecule has 1 aliphatic carbocycles. The molecule has 1 saturated heterocycles. The second kappa shape index (κ2) is 6.33. The quantitative estimate of drug-likeness (QED) is 0.796. The number of carbonyl (C=O) groups excluding carboxylic acids is 1. The van der Waals surface area contributed by atoms with Crippen LogP contribution in [0, 0.1) is 11.3 Å². The first-order valence-corrected chi connectivity index (χ1v) is 10.6. The van der Waals surface area contributed by atoms with Gasteiger partial charge < -0.3 is 19.3 Å². The Labute approximate surface area is 171 Å². The van der Waals surface area contributed by atoms with E-state index in [-0.39, 0.29) is 29.6 Å². The van der Waals surface area contributed by atoms with Gasteiger partial charge in [-0.3, -0.25) is 0 Å². The van der Waals surface area contributed by atoms with Crippen LogP contribution in [0.15, 0.2) is 36.8 Å². The number of piperidine rings is 1. The predicted octanol–water partition coefficient (Wildman–Crippen LogP) is 3.85. The molecule has 2 aliphatic heterocycles. The normalized spacial score (nSPS) is 27.3. The highest BCUT2D eigenvalue weighted by molar-refractivity contribution is 5.69. The molecule has 154 valence electrons. The van der Waals surface area contributed by atoms with E-state index in [2.05, 4.69) is 33.8 Å². The van der Waals surface area contributed by atoms with Gasteiger partial charge >= 0.3 is 6.09 Å². The number of ether oxygens (including phenoxy) is 1. The Kier molecular flexibility index (Phi) is 4.07. The summed E-state index contributed by atoms with van der Waals surface area (Å²) in [6, 6.07) is 8.60. The fraction of sp³-hybridized carbons (Fsp3) is 0.565. The van der Waals surface area contributed by atoms with E-state index in [1.54, 1.807) is 4.90 Å². The molecule has 1 aromatic carbocycles. The molecule has 3 atom stereocenters. The summed E-state index contributed by atoms with van der Waals surface area (Å²) in [5.41, 5.74) is 3.09. The third-order valence-electron chi connectivity index (χ3n) is 7.01. The molecule has 0 bridgehead atoms. The highest BCUT2D eigenvalue weighted by Gasteiger charge is 2.58. The first-order valence-electron chi connectivity index (χ1n) is 10.6. The van der Waals surface area contributed by atoms with Gasteiger partial charge in [-0.15, -0.1) is 0 Å². The standard InChI is InChI=1S/C23H29N3O3/c1-22(2,3)29-21(28)25-10-8-23(9-11-25)12-17(20(23)27)19-16-7-5-4-6-15(16)18-13-24-14-26(18)19/h4-7,13-14,17,19-20,27H,8-12H2,1-3H3. The molecule has 1 spiro atoms. The van der Waals surface area contributed by atoms with Gasteiger partial charge in [0.2, 0.25) is 0 Å². The maximum atomic E-state index is 12.4. The van der Waals surface area contributed by atoms with Crippen molar-refractivity contribution in [3.05, 3.63) is 42.4 Å². The van der Waals surface area contributed by atoms with Crippen molar-refractivity contribution in [2.75, 3.05) is 13.1 Å². The molecule has 0 radical (unpaired) electrons. The van der Waals surface area contributed by atoms with E-state index < -0.39 is 5.60 Å². The zero-order chi connectivity index (χ0) is 20.4. The van der Waals surface area contributed by atoms with Gasteiger partial charge in [0.25, 0.3) is 0 Å². The van der Waals surface area contributed by atoms with Gasteiger partial charge in [-0.2, -0.15) is 0 Å². The zero-order valence-electron chi connectivity index (χ0n) is 17.3. The van der Waals surface area contributed by atoms with Crippen LogP contribution in [-0.2, 0) is 4.74 Å². The van der Waals surface area contributed by atoms with Crippen LogP contribution >= 0.6 is 0 Å². The fourth-order valence-electron chi connectivity index (χ4n) is 5.55. The van der Waals surface area contributed by atoms with Gasteiger partial charge in [-0.05, 0) is 45.6 Å². The minimum atomic E-state index is -0.480. The number of hydrogen-bond acceptors (Lipinski definition) is 4. The second-order valence-electron chi connectivity index (χ2n) is 9.86. The highest BCUT2D eigenvalue weighted by Crippen LogP contribution is 2.59. The van der Waals surface area contributed by atoms with Crippen molar-refractivity contribution in [2.24, 2.45) is 11.3 Å². The Balaban J connectivity index is 1.30. The summed E-state index contributed by atoms with van der Waals surface area (Å²) in [7, 11) is 0. The lowest BCUT2D eigenvalue weighted by Crippen LogP contribution is -2.60. The Morgan fingerprint density at radius 2 is 1.97 bits per heavy atom. The lowest BCUT2D eigenvalue weighted by molar-refractivity contribution is -0.156. The maximum absolute atomic E-state index is 12.4. The van der Waals surface area contributed by atoms with Gasteiger partial charge in [0.15, 0.2) is 0 Å². The number of nitrogens with zero attached hydrogens (tertiary/aromatic N) is 3. The molecule has 6 heteroatoms. The second-order valence-corrected chi connectivity index (χ2v) is 9.86. The van der Waals surface area contributed by atoms with Gasteiger partial charge in [-0.1, -0.05) is 24.3 Å². The van der Waals surface area contributed by atoms with Gasteiger partial charge in [-0.25, -0.2) is 9.78 Å².